The maximum atomic E-state index is 6.00. The molecule has 1 aromatic carbocycles. The molecular formula is C23H39NO3. The third-order valence-corrected chi connectivity index (χ3v) is 5.79. The minimum atomic E-state index is -0.00141. The fraction of sp³-hybridized carbons (Fsp3) is 0.739. The van der Waals surface area contributed by atoms with Gasteiger partial charge in [0.25, 0.3) is 0 Å². The first-order chi connectivity index (χ1) is 12.8. The summed E-state index contributed by atoms with van der Waals surface area (Å²) in [6.45, 7) is 11.9. The van der Waals surface area contributed by atoms with Gasteiger partial charge in [-0.25, -0.2) is 0 Å². The van der Waals surface area contributed by atoms with Gasteiger partial charge in [0.1, 0.15) is 0 Å². The van der Waals surface area contributed by atoms with Gasteiger partial charge in [0, 0.05) is 13.2 Å². The van der Waals surface area contributed by atoms with Crippen LogP contribution in [0.2, 0.25) is 0 Å². The van der Waals surface area contributed by atoms with Gasteiger partial charge in [0.15, 0.2) is 11.5 Å². The average molecular weight is 378 g/mol. The third-order valence-electron chi connectivity index (χ3n) is 5.79. The van der Waals surface area contributed by atoms with Gasteiger partial charge < -0.3 is 19.5 Å². The summed E-state index contributed by atoms with van der Waals surface area (Å²) in [6, 6.07) is 6.12. The van der Waals surface area contributed by atoms with Crippen molar-refractivity contribution in [1.29, 1.82) is 0 Å². The summed E-state index contributed by atoms with van der Waals surface area (Å²) in [5.74, 6) is 2.32. The van der Waals surface area contributed by atoms with E-state index in [0.717, 1.165) is 43.5 Å². The van der Waals surface area contributed by atoms with Crippen molar-refractivity contribution >= 4 is 0 Å². The largest absolute Gasteiger partial charge is 0.493 e. The summed E-state index contributed by atoms with van der Waals surface area (Å²) in [4.78, 5) is 0. The maximum absolute atomic E-state index is 6.00. The number of methoxy groups -OCH3 is 2. The Morgan fingerprint density at radius 2 is 1.85 bits per heavy atom. The summed E-state index contributed by atoms with van der Waals surface area (Å²) in [7, 11) is 3.35. The van der Waals surface area contributed by atoms with E-state index in [0.29, 0.717) is 5.41 Å². The topological polar surface area (TPSA) is 39.7 Å². The Balaban J connectivity index is 1.91. The molecule has 0 bridgehead atoms. The first-order valence-corrected chi connectivity index (χ1v) is 10.3. The second kappa shape index (κ2) is 9.79. The van der Waals surface area contributed by atoms with E-state index < -0.39 is 0 Å². The molecule has 1 heterocycles. The Labute approximate surface area is 166 Å². The number of rotatable bonds is 10. The zero-order chi connectivity index (χ0) is 19.9. The van der Waals surface area contributed by atoms with Crippen molar-refractivity contribution in [2.75, 3.05) is 27.4 Å². The van der Waals surface area contributed by atoms with Crippen LogP contribution in [0.1, 0.15) is 65.4 Å². The zero-order valence-corrected chi connectivity index (χ0v) is 18.2. The van der Waals surface area contributed by atoms with Crippen LogP contribution in [0.3, 0.4) is 0 Å². The number of benzene rings is 1. The van der Waals surface area contributed by atoms with Crippen molar-refractivity contribution in [2.45, 2.75) is 71.9 Å². The van der Waals surface area contributed by atoms with Gasteiger partial charge in [-0.1, -0.05) is 26.3 Å². The zero-order valence-electron chi connectivity index (χ0n) is 18.2. The molecule has 0 aliphatic carbocycles. The van der Waals surface area contributed by atoms with E-state index in [1.807, 2.05) is 6.07 Å². The molecule has 0 amide bonds. The Morgan fingerprint density at radius 3 is 2.48 bits per heavy atom. The van der Waals surface area contributed by atoms with Gasteiger partial charge in [0.2, 0.25) is 0 Å². The molecule has 1 N–H and O–H groups in total. The van der Waals surface area contributed by atoms with Crippen molar-refractivity contribution < 1.29 is 14.2 Å². The second-order valence-electron chi connectivity index (χ2n) is 9.08. The van der Waals surface area contributed by atoms with Crippen LogP contribution < -0.4 is 14.8 Å². The van der Waals surface area contributed by atoms with Crippen LogP contribution in [0, 0.1) is 11.3 Å². The first kappa shape index (κ1) is 22.0. The van der Waals surface area contributed by atoms with E-state index in [-0.39, 0.29) is 5.60 Å². The lowest BCUT2D eigenvalue weighted by Gasteiger charge is -2.45. The van der Waals surface area contributed by atoms with E-state index >= 15 is 0 Å². The highest BCUT2D eigenvalue weighted by Crippen LogP contribution is 2.45. The summed E-state index contributed by atoms with van der Waals surface area (Å²) >= 11 is 0. The molecule has 1 fully saturated rings. The Morgan fingerprint density at radius 1 is 1.11 bits per heavy atom. The minimum Gasteiger partial charge on any atom is -0.493 e. The molecule has 4 nitrogen and oxygen atoms in total. The van der Waals surface area contributed by atoms with Crippen molar-refractivity contribution in [1.82, 2.24) is 5.32 Å². The standard InChI is InChI=1S/C23H39NO3/c1-18(2)9-10-23(12-14-27-22(3,4)17-23)11-13-24-16-19-7-8-20(25-5)21(15-19)26-6/h7-8,15,18,24H,9-14,16-17H2,1-6H3. The van der Waals surface area contributed by atoms with E-state index in [2.05, 4.69) is 45.1 Å². The van der Waals surface area contributed by atoms with Crippen LogP contribution in [0.25, 0.3) is 0 Å². The van der Waals surface area contributed by atoms with Crippen molar-refractivity contribution in [3.8, 4) is 11.5 Å². The molecule has 0 saturated carbocycles. The molecule has 1 saturated heterocycles. The Hall–Kier alpha value is -1.26. The smallest absolute Gasteiger partial charge is 0.161 e. The average Bonchev–Trinajstić information content (AvgIpc) is 2.62. The van der Waals surface area contributed by atoms with Crippen molar-refractivity contribution in [2.24, 2.45) is 11.3 Å². The van der Waals surface area contributed by atoms with E-state index in [9.17, 15) is 0 Å². The quantitative estimate of drug-likeness (QED) is 0.569. The highest BCUT2D eigenvalue weighted by atomic mass is 16.5. The van der Waals surface area contributed by atoms with Crippen LogP contribution in [-0.2, 0) is 11.3 Å². The van der Waals surface area contributed by atoms with Gasteiger partial charge in [-0.3, -0.25) is 0 Å². The summed E-state index contributed by atoms with van der Waals surface area (Å²) < 4.78 is 16.7. The Kier molecular flexibility index (Phi) is 7.99. The lowest BCUT2D eigenvalue weighted by Crippen LogP contribution is -2.42. The fourth-order valence-corrected chi connectivity index (χ4v) is 4.31. The van der Waals surface area contributed by atoms with Crippen LogP contribution in [-0.4, -0.2) is 33.0 Å². The summed E-state index contributed by atoms with van der Waals surface area (Å²) in [5.41, 5.74) is 1.62. The Bertz CT molecular complexity index is 585. The van der Waals surface area contributed by atoms with Crippen LogP contribution in [0.4, 0.5) is 0 Å². The highest BCUT2D eigenvalue weighted by Gasteiger charge is 2.40. The van der Waals surface area contributed by atoms with Gasteiger partial charge >= 0.3 is 0 Å². The van der Waals surface area contributed by atoms with E-state index in [4.69, 9.17) is 14.2 Å². The number of hydrogen-bond acceptors (Lipinski definition) is 4. The number of ether oxygens (including phenoxy) is 3. The molecule has 0 radical (unpaired) electrons. The van der Waals surface area contributed by atoms with Crippen molar-refractivity contribution in [3.63, 3.8) is 0 Å². The normalized spacial score (nSPS) is 22.0. The predicted octanol–water partition coefficient (Wildman–Crippen LogP) is 5.20. The molecule has 4 heteroatoms. The van der Waals surface area contributed by atoms with Gasteiger partial charge in [-0.05, 0) is 75.1 Å². The lowest BCUT2D eigenvalue weighted by atomic mass is 9.68. The van der Waals surface area contributed by atoms with Crippen LogP contribution >= 0.6 is 0 Å². The van der Waals surface area contributed by atoms with Gasteiger partial charge in [0.05, 0.1) is 19.8 Å². The maximum Gasteiger partial charge on any atom is 0.161 e. The lowest BCUT2D eigenvalue weighted by molar-refractivity contribution is -0.110. The molecule has 154 valence electrons. The minimum absolute atomic E-state index is 0.00141. The SMILES string of the molecule is COc1ccc(CNCCC2(CCC(C)C)CCOC(C)(C)C2)cc1OC. The number of hydrogen-bond donors (Lipinski definition) is 1. The van der Waals surface area contributed by atoms with Gasteiger partial charge in [-0.2, -0.15) is 0 Å². The molecule has 1 unspecified atom stereocenters. The molecule has 0 spiro atoms. The monoisotopic (exact) mass is 377 g/mol. The fourth-order valence-electron chi connectivity index (χ4n) is 4.31. The van der Waals surface area contributed by atoms with Gasteiger partial charge in [-0.15, -0.1) is 0 Å². The summed E-state index contributed by atoms with van der Waals surface area (Å²) in [6.07, 6.45) is 6.15. The first-order valence-electron chi connectivity index (χ1n) is 10.3. The third kappa shape index (κ3) is 6.69. The molecule has 0 aromatic heterocycles. The molecule has 1 aliphatic rings. The molecule has 27 heavy (non-hydrogen) atoms. The predicted molar refractivity (Wildman–Crippen MR) is 112 cm³/mol. The molecule has 1 aliphatic heterocycles. The van der Waals surface area contributed by atoms with Crippen molar-refractivity contribution in [3.05, 3.63) is 23.8 Å². The highest BCUT2D eigenvalue weighted by molar-refractivity contribution is 5.42. The van der Waals surface area contributed by atoms with Crippen LogP contribution in [0.15, 0.2) is 18.2 Å². The van der Waals surface area contributed by atoms with Crippen LogP contribution in [0.5, 0.6) is 11.5 Å². The molecular weight excluding hydrogens is 338 g/mol. The second-order valence-corrected chi connectivity index (χ2v) is 9.08. The molecule has 2 rings (SSSR count). The van der Waals surface area contributed by atoms with E-state index in [1.54, 1.807) is 14.2 Å². The molecule has 1 atom stereocenters. The number of nitrogens with one attached hydrogen (secondary N) is 1. The van der Waals surface area contributed by atoms with E-state index in [1.165, 1.54) is 31.2 Å². The summed E-state index contributed by atoms with van der Waals surface area (Å²) in [5, 5.41) is 3.64. The molecule has 1 aromatic rings.